The first kappa shape index (κ1) is 12.2. The van der Waals surface area contributed by atoms with Gasteiger partial charge in [-0.05, 0) is 24.0 Å². The van der Waals surface area contributed by atoms with Crippen LogP contribution in [0.2, 0.25) is 0 Å². The molecule has 0 aromatic heterocycles. The van der Waals surface area contributed by atoms with Gasteiger partial charge in [-0.15, -0.1) is 0 Å². The summed E-state index contributed by atoms with van der Waals surface area (Å²) >= 11 is 0. The number of rotatable bonds is 4. The standard InChI is InChI=1S/C10H15O4P/c1-3-8-6-5-7-9(4-2)10(8)14-15(11,12)13/h5-7H,3-4H2,1-2H3,(H2,11,12,13). The third-order valence-electron chi connectivity index (χ3n) is 2.15. The Morgan fingerprint density at radius 2 is 1.67 bits per heavy atom. The maximum atomic E-state index is 10.8. The van der Waals surface area contributed by atoms with Crippen molar-refractivity contribution in [3.8, 4) is 5.75 Å². The first-order valence-corrected chi connectivity index (χ1v) is 6.36. The molecule has 15 heavy (non-hydrogen) atoms. The highest BCUT2D eigenvalue weighted by Crippen LogP contribution is 2.41. The van der Waals surface area contributed by atoms with Gasteiger partial charge >= 0.3 is 7.82 Å². The normalized spacial score (nSPS) is 11.5. The molecule has 0 saturated carbocycles. The lowest BCUT2D eigenvalue weighted by Crippen LogP contribution is -1.98. The van der Waals surface area contributed by atoms with Gasteiger partial charge in [-0.2, -0.15) is 0 Å². The molecule has 0 heterocycles. The van der Waals surface area contributed by atoms with Crippen LogP contribution in [0.5, 0.6) is 5.75 Å². The second kappa shape index (κ2) is 4.79. The molecule has 0 saturated heterocycles. The zero-order valence-electron chi connectivity index (χ0n) is 8.80. The van der Waals surface area contributed by atoms with Crippen LogP contribution in [0, 0.1) is 0 Å². The quantitative estimate of drug-likeness (QED) is 0.779. The highest BCUT2D eigenvalue weighted by Gasteiger charge is 2.19. The van der Waals surface area contributed by atoms with Crippen molar-refractivity contribution in [3.05, 3.63) is 29.3 Å². The lowest BCUT2D eigenvalue weighted by molar-refractivity contribution is 0.281. The lowest BCUT2D eigenvalue weighted by atomic mass is 10.1. The Balaban J connectivity index is 3.16. The molecule has 0 fully saturated rings. The Hall–Kier alpha value is -0.830. The summed E-state index contributed by atoms with van der Waals surface area (Å²) in [6.07, 6.45) is 1.37. The molecule has 0 spiro atoms. The molecule has 84 valence electrons. The largest absolute Gasteiger partial charge is 0.524 e. The van der Waals surface area contributed by atoms with Crippen LogP contribution >= 0.6 is 7.82 Å². The molecule has 0 aliphatic carbocycles. The Labute approximate surface area is 89.1 Å². The van der Waals surface area contributed by atoms with Crippen molar-refractivity contribution in [3.63, 3.8) is 0 Å². The van der Waals surface area contributed by atoms with Crippen LogP contribution in [-0.2, 0) is 17.4 Å². The minimum atomic E-state index is -4.47. The molecule has 2 N–H and O–H groups in total. The minimum absolute atomic E-state index is 0.329. The summed E-state index contributed by atoms with van der Waals surface area (Å²) in [4.78, 5) is 17.6. The average Bonchev–Trinajstić information content (AvgIpc) is 2.16. The van der Waals surface area contributed by atoms with E-state index in [0.717, 1.165) is 11.1 Å². The van der Waals surface area contributed by atoms with E-state index in [2.05, 4.69) is 0 Å². The molecule has 0 aliphatic rings. The van der Waals surface area contributed by atoms with Gasteiger partial charge in [-0.25, -0.2) is 4.57 Å². The molecule has 5 heteroatoms. The van der Waals surface area contributed by atoms with Crippen LogP contribution in [-0.4, -0.2) is 9.79 Å². The molecule has 0 bridgehead atoms. The second-order valence-electron chi connectivity index (χ2n) is 3.19. The number of para-hydroxylation sites is 1. The van der Waals surface area contributed by atoms with Crippen molar-refractivity contribution >= 4 is 7.82 Å². The van der Waals surface area contributed by atoms with Gasteiger partial charge in [0.05, 0.1) is 0 Å². The van der Waals surface area contributed by atoms with Gasteiger partial charge in [-0.3, -0.25) is 9.79 Å². The predicted octanol–water partition coefficient (Wildman–Crippen LogP) is 2.28. The van der Waals surface area contributed by atoms with Crippen molar-refractivity contribution < 1.29 is 18.9 Å². The molecule has 0 aliphatic heterocycles. The number of hydrogen-bond acceptors (Lipinski definition) is 2. The zero-order chi connectivity index (χ0) is 11.5. The number of benzene rings is 1. The maximum Gasteiger partial charge on any atom is 0.524 e. The van der Waals surface area contributed by atoms with Crippen LogP contribution in [0.15, 0.2) is 18.2 Å². The maximum absolute atomic E-state index is 10.8. The van der Waals surface area contributed by atoms with Crippen LogP contribution in [0.3, 0.4) is 0 Å². The SMILES string of the molecule is CCc1cccc(CC)c1OP(=O)(O)O. The number of hydrogen-bond donors (Lipinski definition) is 2. The van der Waals surface area contributed by atoms with E-state index in [1.165, 1.54) is 0 Å². The molecule has 4 nitrogen and oxygen atoms in total. The van der Waals surface area contributed by atoms with E-state index in [1.54, 1.807) is 0 Å². The first-order chi connectivity index (χ1) is 6.98. The molecule has 1 rings (SSSR count). The van der Waals surface area contributed by atoms with Crippen LogP contribution in [0.25, 0.3) is 0 Å². The fourth-order valence-electron chi connectivity index (χ4n) is 1.43. The Bertz CT molecular complexity index is 361. The number of phosphoric ester groups is 1. The predicted molar refractivity (Wildman–Crippen MR) is 57.9 cm³/mol. The second-order valence-corrected chi connectivity index (χ2v) is 4.36. The van der Waals surface area contributed by atoms with E-state index in [-0.39, 0.29) is 0 Å². The van der Waals surface area contributed by atoms with Gasteiger partial charge in [0.1, 0.15) is 5.75 Å². The topological polar surface area (TPSA) is 66.8 Å². The van der Waals surface area contributed by atoms with Crippen molar-refractivity contribution in [1.29, 1.82) is 0 Å². The van der Waals surface area contributed by atoms with Gasteiger partial charge in [0.2, 0.25) is 0 Å². The summed E-state index contributed by atoms with van der Waals surface area (Å²) in [5.74, 6) is 0.329. The lowest BCUT2D eigenvalue weighted by Gasteiger charge is -2.14. The van der Waals surface area contributed by atoms with E-state index >= 15 is 0 Å². The van der Waals surface area contributed by atoms with E-state index in [1.807, 2.05) is 32.0 Å². The summed E-state index contributed by atoms with van der Waals surface area (Å²) < 4.78 is 15.5. The fourth-order valence-corrected chi connectivity index (χ4v) is 1.90. The van der Waals surface area contributed by atoms with Crippen LogP contribution < -0.4 is 4.52 Å². The van der Waals surface area contributed by atoms with Crippen LogP contribution in [0.1, 0.15) is 25.0 Å². The Kier molecular flexibility index (Phi) is 3.91. The van der Waals surface area contributed by atoms with Gasteiger partial charge < -0.3 is 4.52 Å². The summed E-state index contributed by atoms with van der Waals surface area (Å²) in [7, 11) is -4.47. The van der Waals surface area contributed by atoms with Crippen molar-refractivity contribution in [2.75, 3.05) is 0 Å². The molecule has 1 aromatic rings. The highest BCUT2D eigenvalue weighted by molar-refractivity contribution is 7.46. The fraction of sp³-hybridized carbons (Fsp3) is 0.400. The first-order valence-electron chi connectivity index (χ1n) is 4.83. The van der Waals surface area contributed by atoms with Gasteiger partial charge in [0.15, 0.2) is 0 Å². The third kappa shape index (κ3) is 3.34. The monoisotopic (exact) mass is 230 g/mol. The highest BCUT2D eigenvalue weighted by atomic mass is 31.2. The molecule has 1 aromatic carbocycles. The van der Waals surface area contributed by atoms with E-state index in [9.17, 15) is 4.57 Å². The number of aryl methyl sites for hydroxylation is 2. The van der Waals surface area contributed by atoms with Crippen molar-refractivity contribution in [2.24, 2.45) is 0 Å². The number of phosphoric acid groups is 1. The minimum Gasteiger partial charge on any atom is -0.404 e. The molecule has 0 unspecified atom stereocenters. The van der Waals surface area contributed by atoms with Crippen molar-refractivity contribution in [2.45, 2.75) is 26.7 Å². The smallest absolute Gasteiger partial charge is 0.404 e. The molecule has 0 radical (unpaired) electrons. The van der Waals surface area contributed by atoms with Gasteiger partial charge in [-0.1, -0.05) is 32.0 Å². The summed E-state index contributed by atoms with van der Waals surface area (Å²) in [6.45, 7) is 3.84. The van der Waals surface area contributed by atoms with Gasteiger partial charge in [0, 0.05) is 0 Å². The van der Waals surface area contributed by atoms with E-state index in [0.29, 0.717) is 18.6 Å². The summed E-state index contributed by atoms with van der Waals surface area (Å²) in [6, 6.07) is 5.48. The Morgan fingerprint density at radius 1 is 1.20 bits per heavy atom. The molecule has 0 atom stereocenters. The zero-order valence-corrected chi connectivity index (χ0v) is 9.70. The molecule has 0 amide bonds. The average molecular weight is 230 g/mol. The molecular formula is C10H15O4P. The van der Waals surface area contributed by atoms with Crippen LogP contribution in [0.4, 0.5) is 0 Å². The summed E-state index contributed by atoms with van der Waals surface area (Å²) in [5.41, 5.74) is 1.63. The van der Waals surface area contributed by atoms with E-state index < -0.39 is 7.82 Å². The Morgan fingerprint density at radius 3 is 2.00 bits per heavy atom. The summed E-state index contributed by atoms with van der Waals surface area (Å²) in [5, 5.41) is 0. The van der Waals surface area contributed by atoms with E-state index in [4.69, 9.17) is 14.3 Å². The molecular weight excluding hydrogens is 215 g/mol. The van der Waals surface area contributed by atoms with Gasteiger partial charge in [0.25, 0.3) is 0 Å². The van der Waals surface area contributed by atoms with Crippen molar-refractivity contribution in [1.82, 2.24) is 0 Å². The third-order valence-corrected chi connectivity index (χ3v) is 2.57.